The fraction of sp³-hybridized carbons (Fsp3) is 0.718. The summed E-state index contributed by atoms with van der Waals surface area (Å²) in [6, 6.07) is -0.910. The first-order chi connectivity index (χ1) is 39.4. The Kier molecular flexibility index (Phi) is 57.4. The molecule has 0 aromatic carbocycles. The quantitative estimate of drug-likeness (QED) is 0.0212. The average Bonchev–Trinajstić information content (AvgIpc) is 3.44. The molecule has 0 rings (SSSR count). The first-order valence-corrected chi connectivity index (χ1v) is 34.7. The van der Waals surface area contributed by atoms with Gasteiger partial charge in [-0.15, -0.1) is 0 Å². The monoisotopic (exact) mass is 1150 g/mol. The van der Waals surface area contributed by atoms with Crippen LogP contribution in [0.3, 0.4) is 0 Å². The zero-order chi connectivity index (χ0) is 59.3. The van der Waals surface area contributed by atoms with Gasteiger partial charge in [-0.05, 0) is 115 Å². The minimum Gasteiger partial charge on any atom is -0.756 e. The maximum Gasteiger partial charge on any atom is 0.306 e. The van der Waals surface area contributed by atoms with E-state index in [-0.39, 0.29) is 31.3 Å². The summed E-state index contributed by atoms with van der Waals surface area (Å²) >= 11 is 0. The van der Waals surface area contributed by atoms with Crippen molar-refractivity contribution < 1.29 is 37.3 Å². The number of likely N-dealkylation sites (N-methyl/N-ethyl adjacent to an activating group) is 1. The van der Waals surface area contributed by atoms with Gasteiger partial charge in [0.15, 0.2) is 0 Å². The number of nitrogens with one attached hydrogen (secondary N) is 1. The summed E-state index contributed by atoms with van der Waals surface area (Å²) in [4.78, 5) is 40.1. The van der Waals surface area contributed by atoms with Gasteiger partial charge >= 0.3 is 5.97 Å². The predicted octanol–water partition coefficient (Wildman–Crippen LogP) is 20.3. The molecule has 9 nitrogen and oxygen atoms in total. The zero-order valence-electron chi connectivity index (χ0n) is 53.2. The Morgan fingerprint density at radius 3 is 1.21 bits per heavy atom. The number of carbonyl (C=O) groups is 2. The number of phosphoric ester groups is 1. The maximum absolute atomic E-state index is 13.6. The van der Waals surface area contributed by atoms with Crippen LogP contribution in [0, 0.1) is 0 Å². The summed E-state index contributed by atoms with van der Waals surface area (Å²) in [7, 11) is 1.15. The Morgan fingerprint density at radius 1 is 0.444 bits per heavy atom. The second kappa shape index (κ2) is 59.8. The number of nitrogens with zero attached hydrogens (tertiary/aromatic N) is 1. The minimum absolute atomic E-state index is 0.0328. The van der Waals surface area contributed by atoms with Crippen LogP contribution in [0.15, 0.2) is 109 Å². The first-order valence-electron chi connectivity index (χ1n) is 33.2. The second-order valence-electron chi connectivity index (χ2n) is 23.2. The van der Waals surface area contributed by atoms with E-state index in [2.05, 4.69) is 123 Å². The smallest absolute Gasteiger partial charge is 0.306 e. The second-order valence-corrected chi connectivity index (χ2v) is 24.6. The third-order valence-electron chi connectivity index (χ3n) is 14.2. The van der Waals surface area contributed by atoms with Gasteiger partial charge in [-0.1, -0.05) is 259 Å². The molecule has 1 N–H and O–H groups in total. The van der Waals surface area contributed by atoms with Gasteiger partial charge in [-0.25, -0.2) is 0 Å². The number of ether oxygens (including phenoxy) is 1. The third kappa shape index (κ3) is 61.1. The molecule has 0 bridgehead atoms. The SMILES string of the molecule is CC/C=C\C/C=C\C/C=C\C/C=C\C/C=C\CCCCCCCCCCCC(=O)OC(/C=C\CCCCCCCCCCCCC)C(COP(=O)([O-])OCC[N+](C)(C)C)NC(=O)CCCCCC/C=C\C/C=C\C/C=C\CCCCC. The van der Waals surface area contributed by atoms with E-state index in [0.29, 0.717) is 23.9 Å². The Bertz CT molecular complexity index is 1750. The molecule has 0 fully saturated rings. The topological polar surface area (TPSA) is 114 Å². The molecule has 0 heterocycles. The van der Waals surface area contributed by atoms with Gasteiger partial charge in [0.1, 0.15) is 19.3 Å². The lowest BCUT2D eigenvalue weighted by Crippen LogP contribution is -2.47. The van der Waals surface area contributed by atoms with Crippen LogP contribution in [0.25, 0.3) is 0 Å². The standard InChI is InChI=1S/C71H125N2O7P/c1-7-10-13-16-19-22-25-28-30-32-33-34-35-36-37-38-39-41-43-46-49-52-55-58-61-64-71(75)80-69(62-59-56-53-50-47-44-27-24-21-18-15-12-9-3)68(67-79-81(76,77)78-66-65-73(4,5)6)72-70(74)63-60-57-54-51-48-45-42-40-31-29-26-23-20-17-14-11-8-2/h10,13,19-20,22-23,28-31,33-34,36-37,42,45,59,62,68-69H,7-9,11-12,14-18,21,24-27,32,35,38-41,43-44,46-58,60-61,63-67H2,1-6H3,(H-,72,74,76,77)/b13-10-,22-19-,23-20-,30-28-,31-29-,34-33-,37-36-,45-42-,62-59-. The van der Waals surface area contributed by atoms with E-state index in [0.717, 1.165) is 116 Å². The molecule has 466 valence electrons. The Balaban J connectivity index is 5.22. The molecule has 3 atom stereocenters. The average molecular weight is 1150 g/mol. The number of rotatable bonds is 59. The molecule has 0 aliphatic heterocycles. The molecule has 0 aromatic heterocycles. The molecule has 0 spiro atoms. The molecule has 0 aromatic rings. The summed E-state index contributed by atoms with van der Waals surface area (Å²) in [5.41, 5.74) is 0. The van der Waals surface area contributed by atoms with E-state index in [1.807, 2.05) is 33.3 Å². The van der Waals surface area contributed by atoms with Crippen LogP contribution in [0.1, 0.15) is 278 Å². The fourth-order valence-electron chi connectivity index (χ4n) is 9.08. The van der Waals surface area contributed by atoms with E-state index in [9.17, 15) is 19.0 Å². The van der Waals surface area contributed by atoms with Crippen molar-refractivity contribution in [2.75, 3.05) is 40.9 Å². The number of allylic oxidation sites excluding steroid dienone is 17. The summed E-state index contributed by atoms with van der Waals surface area (Å²) in [5.74, 6) is -0.575. The molecule has 81 heavy (non-hydrogen) atoms. The number of amides is 1. The van der Waals surface area contributed by atoms with Crippen LogP contribution >= 0.6 is 7.82 Å². The number of unbranched alkanes of at least 4 members (excludes halogenated alkanes) is 27. The molecule has 0 saturated carbocycles. The van der Waals surface area contributed by atoms with Crippen LogP contribution < -0.4 is 10.2 Å². The number of hydrogen-bond donors (Lipinski definition) is 1. The lowest BCUT2D eigenvalue weighted by atomic mass is 10.0. The number of phosphoric acid groups is 1. The van der Waals surface area contributed by atoms with E-state index in [1.54, 1.807) is 0 Å². The third-order valence-corrected chi connectivity index (χ3v) is 15.2. The highest BCUT2D eigenvalue weighted by Crippen LogP contribution is 2.38. The van der Waals surface area contributed by atoms with Gasteiger partial charge in [0.05, 0.1) is 33.8 Å². The van der Waals surface area contributed by atoms with Crippen LogP contribution in [0.2, 0.25) is 0 Å². The van der Waals surface area contributed by atoms with Crippen molar-refractivity contribution in [3.05, 3.63) is 109 Å². The van der Waals surface area contributed by atoms with E-state index in [1.165, 1.54) is 116 Å². The lowest BCUT2D eigenvalue weighted by molar-refractivity contribution is -0.870. The van der Waals surface area contributed by atoms with E-state index >= 15 is 0 Å². The fourth-order valence-corrected chi connectivity index (χ4v) is 9.81. The van der Waals surface area contributed by atoms with Crippen molar-refractivity contribution in [1.29, 1.82) is 0 Å². The molecule has 3 unspecified atom stereocenters. The highest BCUT2D eigenvalue weighted by molar-refractivity contribution is 7.45. The van der Waals surface area contributed by atoms with E-state index in [4.69, 9.17) is 13.8 Å². The summed E-state index contributed by atoms with van der Waals surface area (Å²) in [6.45, 7) is 6.68. The van der Waals surface area contributed by atoms with Crippen LogP contribution in [0.5, 0.6) is 0 Å². The van der Waals surface area contributed by atoms with Crippen molar-refractivity contribution in [2.24, 2.45) is 0 Å². The van der Waals surface area contributed by atoms with Gasteiger partial charge in [-0.3, -0.25) is 14.2 Å². The first kappa shape index (κ1) is 77.7. The van der Waals surface area contributed by atoms with Gasteiger partial charge < -0.3 is 28.5 Å². The summed E-state index contributed by atoms with van der Waals surface area (Å²) < 4.78 is 30.4. The molecule has 0 saturated heterocycles. The molecule has 1 amide bonds. The van der Waals surface area contributed by atoms with Crippen LogP contribution in [-0.4, -0.2) is 69.4 Å². The highest BCUT2D eigenvalue weighted by Gasteiger charge is 2.27. The summed E-state index contributed by atoms with van der Waals surface area (Å²) in [5, 5.41) is 3.02. The van der Waals surface area contributed by atoms with E-state index < -0.39 is 26.6 Å². The van der Waals surface area contributed by atoms with Crippen molar-refractivity contribution in [3.8, 4) is 0 Å². The van der Waals surface area contributed by atoms with Gasteiger partial charge in [0.2, 0.25) is 5.91 Å². The Labute approximate surface area is 500 Å². The van der Waals surface area contributed by atoms with Gasteiger partial charge in [0.25, 0.3) is 7.82 Å². The van der Waals surface area contributed by atoms with Gasteiger partial charge in [0, 0.05) is 12.8 Å². The molecule has 0 aliphatic rings. The van der Waals surface area contributed by atoms with Gasteiger partial charge in [-0.2, -0.15) is 0 Å². The largest absolute Gasteiger partial charge is 0.756 e. The maximum atomic E-state index is 13.6. The van der Waals surface area contributed by atoms with Crippen molar-refractivity contribution >= 4 is 19.7 Å². The number of carbonyl (C=O) groups excluding carboxylic acids is 2. The minimum atomic E-state index is -4.72. The molecular weight excluding hydrogens is 1020 g/mol. The molecule has 10 heteroatoms. The van der Waals surface area contributed by atoms with Crippen LogP contribution in [0.4, 0.5) is 0 Å². The normalized spacial score (nSPS) is 14.3. The predicted molar refractivity (Wildman–Crippen MR) is 348 cm³/mol. The highest BCUT2D eigenvalue weighted by atomic mass is 31.2. The number of hydrogen-bond acceptors (Lipinski definition) is 7. The molecule has 0 radical (unpaired) electrons. The zero-order valence-corrected chi connectivity index (χ0v) is 54.1. The summed E-state index contributed by atoms with van der Waals surface area (Å²) in [6.07, 6.45) is 82.0. The van der Waals surface area contributed by atoms with Crippen molar-refractivity contribution in [3.63, 3.8) is 0 Å². The number of esters is 1. The van der Waals surface area contributed by atoms with Crippen LogP contribution in [-0.2, 0) is 27.9 Å². The Hall–Kier alpha value is -3.33. The molecular formula is C71H125N2O7P. The molecule has 0 aliphatic carbocycles. The lowest BCUT2D eigenvalue weighted by Gasteiger charge is -2.30. The van der Waals surface area contributed by atoms with Crippen molar-refractivity contribution in [1.82, 2.24) is 5.32 Å². The number of quaternary nitrogens is 1. The van der Waals surface area contributed by atoms with Crippen molar-refractivity contribution in [2.45, 2.75) is 290 Å². The Morgan fingerprint density at radius 2 is 0.790 bits per heavy atom.